The van der Waals surface area contributed by atoms with E-state index in [1.165, 1.54) is 0 Å². The quantitative estimate of drug-likeness (QED) is 0.316. The molecule has 0 aliphatic carbocycles. The van der Waals surface area contributed by atoms with Crippen molar-refractivity contribution in [2.24, 2.45) is 0 Å². The van der Waals surface area contributed by atoms with Crippen LogP contribution in [0.4, 0.5) is 0 Å². The lowest BCUT2D eigenvalue weighted by Gasteiger charge is -1.91. The molecular weight excluding hydrogens is 156 g/mol. The van der Waals surface area contributed by atoms with E-state index in [1.807, 2.05) is 0 Å². The van der Waals surface area contributed by atoms with E-state index in [2.05, 4.69) is 11.3 Å². The van der Waals surface area contributed by atoms with Gasteiger partial charge in [0, 0.05) is 6.08 Å². The number of carbonyl (C=O) groups is 1. The second-order valence-electron chi connectivity index (χ2n) is 1.26. The zero-order chi connectivity index (χ0) is 7.98. The average molecular weight is 162 g/mol. The van der Waals surface area contributed by atoms with E-state index in [0.717, 1.165) is 11.4 Å². The fourth-order valence-electron chi connectivity index (χ4n) is 0.231. The van der Waals surface area contributed by atoms with Crippen LogP contribution in [0.5, 0.6) is 0 Å². The standard InChI is InChI=1S/C5H6O4S/c1-2-5(6)9-3-4-10(7)8/h2,4H,1,3H2. The van der Waals surface area contributed by atoms with Gasteiger partial charge >= 0.3 is 5.97 Å². The first kappa shape index (κ1) is 8.90. The van der Waals surface area contributed by atoms with Crippen LogP contribution in [0.15, 0.2) is 12.7 Å². The topological polar surface area (TPSA) is 60.4 Å². The van der Waals surface area contributed by atoms with Gasteiger partial charge in [0.2, 0.25) is 10.3 Å². The van der Waals surface area contributed by atoms with Crippen molar-refractivity contribution in [3.05, 3.63) is 12.7 Å². The van der Waals surface area contributed by atoms with Gasteiger partial charge in [0.1, 0.15) is 6.61 Å². The van der Waals surface area contributed by atoms with Gasteiger partial charge in [-0.25, -0.2) is 4.79 Å². The van der Waals surface area contributed by atoms with Crippen molar-refractivity contribution in [3.63, 3.8) is 0 Å². The van der Waals surface area contributed by atoms with E-state index < -0.39 is 16.3 Å². The lowest BCUT2D eigenvalue weighted by atomic mass is 10.6. The molecule has 0 fully saturated rings. The molecule has 0 rings (SSSR count). The molecule has 0 aliphatic rings. The number of carbonyl (C=O) groups excluding carboxylic acids is 1. The zero-order valence-corrected chi connectivity index (χ0v) is 5.93. The molecule has 0 amide bonds. The van der Waals surface area contributed by atoms with Crippen LogP contribution in [-0.4, -0.2) is 26.4 Å². The number of ether oxygens (including phenoxy) is 1. The Kier molecular flexibility index (Phi) is 4.23. The van der Waals surface area contributed by atoms with Crippen molar-refractivity contribution in [2.75, 3.05) is 6.61 Å². The van der Waals surface area contributed by atoms with Gasteiger partial charge in [0.15, 0.2) is 0 Å². The lowest BCUT2D eigenvalue weighted by Crippen LogP contribution is -2.02. The van der Waals surface area contributed by atoms with Crippen molar-refractivity contribution >= 4 is 21.6 Å². The van der Waals surface area contributed by atoms with Gasteiger partial charge in [-0.15, -0.1) is 0 Å². The molecule has 0 aromatic carbocycles. The molecule has 0 atom stereocenters. The summed E-state index contributed by atoms with van der Waals surface area (Å²) in [5.74, 6) is -0.637. The van der Waals surface area contributed by atoms with Crippen LogP contribution in [-0.2, 0) is 19.8 Å². The molecule has 0 unspecified atom stereocenters. The minimum absolute atomic E-state index is 0.235. The van der Waals surface area contributed by atoms with Crippen molar-refractivity contribution in [1.29, 1.82) is 0 Å². The van der Waals surface area contributed by atoms with Gasteiger partial charge in [-0.1, -0.05) is 6.58 Å². The molecule has 0 heterocycles. The molecule has 0 spiro atoms. The van der Waals surface area contributed by atoms with E-state index in [1.54, 1.807) is 0 Å². The van der Waals surface area contributed by atoms with Gasteiger partial charge in [-0.3, -0.25) is 0 Å². The monoisotopic (exact) mass is 162 g/mol. The first-order chi connectivity index (χ1) is 4.66. The Morgan fingerprint density at radius 2 is 2.20 bits per heavy atom. The summed E-state index contributed by atoms with van der Waals surface area (Å²) in [7, 11) is -2.27. The van der Waals surface area contributed by atoms with Crippen molar-refractivity contribution in [3.8, 4) is 0 Å². The molecule has 10 heavy (non-hydrogen) atoms. The highest BCUT2D eigenvalue weighted by atomic mass is 32.2. The van der Waals surface area contributed by atoms with E-state index in [9.17, 15) is 13.2 Å². The maximum Gasteiger partial charge on any atom is 0.330 e. The van der Waals surface area contributed by atoms with Crippen molar-refractivity contribution in [1.82, 2.24) is 0 Å². The predicted octanol–water partition coefficient (Wildman–Crippen LogP) is -0.603. The Morgan fingerprint density at radius 1 is 1.60 bits per heavy atom. The predicted molar refractivity (Wildman–Crippen MR) is 36.1 cm³/mol. The van der Waals surface area contributed by atoms with Crippen molar-refractivity contribution in [2.45, 2.75) is 0 Å². The highest BCUT2D eigenvalue weighted by molar-refractivity contribution is 7.71. The van der Waals surface area contributed by atoms with E-state index in [4.69, 9.17) is 0 Å². The normalized spacial score (nSPS) is 8.00. The molecule has 0 aromatic rings. The van der Waals surface area contributed by atoms with Crippen LogP contribution in [0.3, 0.4) is 0 Å². The summed E-state index contributed by atoms with van der Waals surface area (Å²) in [6.07, 6.45) is 0.960. The Hall–Kier alpha value is -1.10. The van der Waals surface area contributed by atoms with Crippen LogP contribution in [0.25, 0.3) is 0 Å². The zero-order valence-electron chi connectivity index (χ0n) is 5.11. The van der Waals surface area contributed by atoms with Gasteiger partial charge < -0.3 is 4.74 Å². The summed E-state index contributed by atoms with van der Waals surface area (Å²) in [4.78, 5) is 10.2. The Labute approximate surface area is 59.6 Å². The largest absolute Gasteiger partial charge is 0.457 e. The maximum atomic E-state index is 10.2. The fraction of sp³-hybridized carbons (Fsp3) is 0.200. The number of hydrogen-bond acceptors (Lipinski definition) is 4. The molecule has 4 nitrogen and oxygen atoms in total. The van der Waals surface area contributed by atoms with Crippen LogP contribution in [0.2, 0.25) is 0 Å². The Morgan fingerprint density at radius 3 is 2.60 bits per heavy atom. The Bertz CT molecular complexity index is 241. The smallest absolute Gasteiger partial charge is 0.330 e. The molecule has 0 aliphatic heterocycles. The van der Waals surface area contributed by atoms with Crippen LogP contribution >= 0.6 is 0 Å². The van der Waals surface area contributed by atoms with Crippen LogP contribution in [0.1, 0.15) is 0 Å². The summed E-state index contributed by atoms with van der Waals surface area (Å²) in [6.45, 7) is 2.88. The molecule has 56 valence electrons. The van der Waals surface area contributed by atoms with E-state index in [0.29, 0.717) is 0 Å². The summed E-state index contributed by atoms with van der Waals surface area (Å²) in [6, 6.07) is 0. The van der Waals surface area contributed by atoms with Crippen LogP contribution < -0.4 is 0 Å². The molecule has 0 bridgehead atoms. The molecule has 0 saturated carbocycles. The first-order valence-electron chi connectivity index (χ1n) is 2.37. The maximum absolute atomic E-state index is 10.2. The minimum atomic E-state index is -2.27. The number of rotatable bonds is 3. The third-order valence-corrected chi connectivity index (χ3v) is 1.00. The van der Waals surface area contributed by atoms with E-state index in [-0.39, 0.29) is 6.61 Å². The third-order valence-electron chi connectivity index (χ3n) is 0.596. The third kappa shape index (κ3) is 5.04. The lowest BCUT2D eigenvalue weighted by molar-refractivity contribution is -0.135. The summed E-state index contributed by atoms with van der Waals surface area (Å²) < 4.78 is 23.9. The van der Waals surface area contributed by atoms with Crippen molar-refractivity contribution < 1.29 is 17.9 Å². The molecule has 5 heteroatoms. The number of hydrogen-bond donors (Lipinski definition) is 0. The average Bonchev–Trinajstić information content (AvgIpc) is 1.87. The molecule has 0 aromatic heterocycles. The summed E-state index contributed by atoms with van der Waals surface area (Å²) in [5.41, 5.74) is 0. The highest BCUT2D eigenvalue weighted by Crippen LogP contribution is 1.74. The molecular formula is C5H6O4S. The molecule has 0 saturated heterocycles. The summed E-state index contributed by atoms with van der Waals surface area (Å²) >= 11 is 0. The van der Waals surface area contributed by atoms with Gasteiger partial charge in [0.25, 0.3) is 0 Å². The second kappa shape index (κ2) is 4.75. The second-order valence-corrected chi connectivity index (χ2v) is 2.12. The van der Waals surface area contributed by atoms with Gasteiger partial charge in [0.05, 0.1) is 5.37 Å². The van der Waals surface area contributed by atoms with E-state index >= 15 is 0 Å². The molecule has 0 N–H and O–H groups in total. The first-order valence-corrected chi connectivity index (χ1v) is 3.51. The number of esters is 1. The summed E-state index contributed by atoms with van der Waals surface area (Å²) in [5, 5.41) is 0.835. The van der Waals surface area contributed by atoms with Gasteiger partial charge in [-0.05, 0) is 0 Å². The minimum Gasteiger partial charge on any atom is -0.457 e. The van der Waals surface area contributed by atoms with Crippen LogP contribution in [0, 0.1) is 0 Å². The highest BCUT2D eigenvalue weighted by Gasteiger charge is 1.90. The Balaban J connectivity index is 3.67. The van der Waals surface area contributed by atoms with Gasteiger partial charge in [-0.2, -0.15) is 8.42 Å². The molecule has 0 radical (unpaired) electrons. The SMILES string of the molecule is C=CC(=O)OCC=S(=O)=O. The fourth-order valence-corrected chi connectivity index (χ4v) is 0.410.